The Morgan fingerprint density at radius 1 is 1.29 bits per heavy atom. The number of amidine groups is 1. The van der Waals surface area contributed by atoms with Gasteiger partial charge in [0, 0.05) is 49.8 Å². The van der Waals surface area contributed by atoms with Gasteiger partial charge in [-0.05, 0) is 63.7 Å². The first-order chi connectivity index (χ1) is 17.0. The molecular weight excluding hydrogens is 458 g/mol. The number of allylic oxidation sites excluding steroid dienone is 2. The molecule has 8 nitrogen and oxygen atoms in total. The van der Waals surface area contributed by atoms with Crippen LogP contribution in [0.5, 0.6) is 0 Å². The van der Waals surface area contributed by atoms with Gasteiger partial charge in [0.15, 0.2) is 5.17 Å². The predicted molar refractivity (Wildman–Crippen MR) is 149 cm³/mol. The second-order valence-corrected chi connectivity index (χ2v) is 9.72. The average molecular weight is 498 g/mol. The summed E-state index contributed by atoms with van der Waals surface area (Å²) >= 11 is 1.69. The second kappa shape index (κ2) is 13.9. The molecule has 9 heteroatoms. The third-order valence-corrected chi connectivity index (χ3v) is 6.43. The molecule has 2 aliphatic rings. The predicted octanol–water partition coefficient (Wildman–Crippen LogP) is 3.88. The number of nitrogens with zero attached hydrogens (tertiary/aromatic N) is 3. The smallest absolute Gasteiger partial charge is 0.223 e. The Kier molecular flexibility index (Phi) is 10.7. The maximum Gasteiger partial charge on any atom is 0.223 e. The summed E-state index contributed by atoms with van der Waals surface area (Å²) in [5.41, 5.74) is 5.38. The highest BCUT2D eigenvalue weighted by molar-refractivity contribution is 8.14. The molecule has 35 heavy (non-hydrogen) atoms. The lowest BCUT2D eigenvalue weighted by atomic mass is 9.99. The summed E-state index contributed by atoms with van der Waals surface area (Å²) in [5, 5.41) is 23.4. The molecule has 1 aromatic rings. The van der Waals surface area contributed by atoms with Gasteiger partial charge in [-0.2, -0.15) is 0 Å². The van der Waals surface area contributed by atoms with Crippen LogP contribution in [0, 0.1) is 0 Å². The molecule has 0 spiro atoms. The lowest BCUT2D eigenvalue weighted by molar-refractivity contribution is 0.292. The Morgan fingerprint density at radius 2 is 2.11 bits per heavy atom. The maximum atomic E-state index is 9.21. The van der Waals surface area contributed by atoms with Crippen LogP contribution in [0.15, 0.2) is 47.4 Å². The van der Waals surface area contributed by atoms with Crippen molar-refractivity contribution in [3.8, 4) is 0 Å². The van der Waals surface area contributed by atoms with E-state index in [1.165, 1.54) is 11.1 Å². The molecule has 0 saturated carbocycles. The first-order valence-corrected chi connectivity index (χ1v) is 13.4. The summed E-state index contributed by atoms with van der Waals surface area (Å²) in [4.78, 5) is 14.3. The Labute approximate surface area is 213 Å². The highest BCUT2D eigenvalue weighted by Gasteiger charge is 2.18. The minimum atomic E-state index is 0.130. The van der Waals surface area contributed by atoms with E-state index in [0.29, 0.717) is 25.5 Å². The number of aliphatic hydroxyl groups excluding tert-OH is 1. The van der Waals surface area contributed by atoms with Crippen LogP contribution in [-0.4, -0.2) is 58.3 Å². The molecule has 2 heterocycles. The van der Waals surface area contributed by atoms with Crippen LogP contribution in [0.3, 0.4) is 0 Å². The molecule has 0 aromatic carbocycles. The van der Waals surface area contributed by atoms with Gasteiger partial charge in [0.2, 0.25) is 5.95 Å². The summed E-state index contributed by atoms with van der Waals surface area (Å²) in [6.07, 6.45) is 10.2. The van der Waals surface area contributed by atoms with Gasteiger partial charge in [-0.3, -0.25) is 4.99 Å². The van der Waals surface area contributed by atoms with Crippen molar-refractivity contribution >= 4 is 34.0 Å². The third kappa shape index (κ3) is 8.43. The number of aliphatic imine (C=N–C) groups is 1. The number of aliphatic hydroxyl groups is 1. The number of thioether (sulfide) groups is 1. The third-order valence-electron chi connectivity index (χ3n) is 5.48. The maximum absolute atomic E-state index is 9.21. The summed E-state index contributed by atoms with van der Waals surface area (Å²) in [6, 6.07) is 2.35. The zero-order valence-corrected chi connectivity index (χ0v) is 22.0. The number of hydrogen-bond donors (Lipinski definition) is 5. The molecule has 0 amide bonds. The molecule has 190 valence electrons. The van der Waals surface area contributed by atoms with Crippen LogP contribution in [0.1, 0.15) is 57.8 Å². The Bertz CT molecular complexity index is 997. The molecular formula is C26H39N7OS. The van der Waals surface area contributed by atoms with Crippen molar-refractivity contribution in [2.75, 3.05) is 37.3 Å². The van der Waals surface area contributed by atoms with E-state index in [4.69, 9.17) is 9.97 Å². The molecule has 0 fully saturated rings. The van der Waals surface area contributed by atoms with Crippen LogP contribution in [0.4, 0.5) is 5.95 Å². The molecule has 3 rings (SSSR count). The molecule has 1 aliphatic heterocycles. The van der Waals surface area contributed by atoms with Gasteiger partial charge in [0.1, 0.15) is 0 Å². The zero-order valence-electron chi connectivity index (χ0n) is 21.2. The van der Waals surface area contributed by atoms with Crippen molar-refractivity contribution in [1.82, 2.24) is 25.9 Å². The molecule has 0 saturated heterocycles. The van der Waals surface area contributed by atoms with Gasteiger partial charge >= 0.3 is 0 Å². The van der Waals surface area contributed by atoms with Crippen LogP contribution >= 0.6 is 11.8 Å². The van der Waals surface area contributed by atoms with Crippen molar-refractivity contribution in [1.29, 1.82) is 0 Å². The van der Waals surface area contributed by atoms with Crippen molar-refractivity contribution in [3.05, 3.63) is 53.8 Å². The largest absolute Gasteiger partial charge is 0.396 e. The Morgan fingerprint density at radius 3 is 2.83 bits per heavy atom. The summed E-state index contributed by atoms with van der Waals surface area (Å²) < 4.78 is 0. The van der Waals surface area contributed by atoms with Crippen molar-refractivity contribution in [2.45, 2.75) is 52.5 Å². The number of nitrogens with one attached hydrogen (secondary N) is 4. The molecule has 0 radical (unpaired) electrons. The fourth-order valence-electron chi connectivity index (χ4n) is 3.78. The van der Waals surface area contributed by atoms with E-state index >= 15 is 0 Å². The van der Waals surface area contributed by atoms with E-state index in [2.05, 4.69) is 71.8 Å². The van der Waals surface area contributed by atoms with E-state index in [9.17, 15) is 5.11 Å². The van der Waals surface area contributed by atoms with Crippen LogP contribution in [0.25, 0.3) is 11.1 Å². The quantitative estimate of drug-likeness (QED) is 0.277. The highest BCUT2D eigenvalue weighted by atomic mass is 32.2. The molecule has 0 unspecified atom stereocenters. The summed E-state index contributed by atoms with van der Waals surface area (Å²) in [6.45, 7) is 12.5. The highest BCUT2D eigenvalue weighted by Crippen LogP contribution is 2.30. The van der Waals surface area contributed by atoms with Gasteiger partial charge in [-0.25, -0.2) is 9.97 Å². The second-order valence-electron chi connectivity index (χ2n) is 8.76. The average Bonchev–Trinajstić information content (AvgIpc) is 3.09. The van der Waals surface area contributed by atoms with Gasteiger partial charge in [-0.1, -0.05) is 30.5 Å². The SMILES string of the molecule is C=C(NCC)NCC1=C(c2cc(C3=CNC(=NC(C)C)SC3)nc(NCCCO)n2)CCCC=C1. The molecule has 1 aliphatic carbocycles. The van der Waals surface area contributed by atoms with E-state index in [1.807, 2.05) is 6.20 Å². The lowest BCUT2D eigenvalue weighted by Gasteiger charge is -2.19. The molecule has 0 atom stereocenters. The van der Waals surface area contributed by atoms with E-state index in [1.54, 1.807) is 11.8 Å². The van der Waals surface area contributed by atoms with Crippen LogP contribution < -0.4 is 21.3 Å². The monoisotopic (exact) mass is 497 g/mol. The zero-order chi connectivity index (χ0) is 25.0. The van der Waals surface area contributed by atoms with Crippen molar-refractivity contribution < 1.29 is 5.11 Å². The van der Waals surface area contributed by atoms with Gasteiger partial charge in [-0.15, -0.1) is 0 Å². The topological polar surface area (TPSA) is 106 Å². The van der Waals surface area contributed by atoms with E-state index in [-0.39, 0.29) is 12.6 Å². The first kappa shape index (κ1) is 26.8. The Hall–Kier alpha value is -2.78. The fourth-order valence-corrected chi connectivity index (χ4v) is 4.73. The number of rotatable bonds is 12. The number of aromatic nitrogens is 2. The van der Waals surface area contributed by atoms with Crippen molar-refractivity contribution in [3.63, 3.8) is 0 Å². The molecule has 1 aromatic heterocycles. The number of anilines is 1. The number of hydrogen-bond acceptors (Lipinski definition) is 8. The molecule has 0 bridgehead atoms. The van der Waals surface area contributed by atoms with Gasteiger partial charge in [0.05, 0.1) is 17.2 Å². The standard InChI is InChI=1S/C26H39N7OS/c1-5-27-19(4)29-15-20-10-7-6-8-11-22(20)24-14-23(32-25(33-24)28-12-9-13-34)21-16-30-26(35-17-21)31-18(2)3/h7,10,14,16,18,27,29,34H,4-6,8-9,11-13,15,17H2,1-3H3,(H,30,31)(H,28,32,33). The minimum Gasteiger partial charge on any atom is -0.396 e. The minimum absolute atomic E-state index is 0.130. The van der Waals surface area contributed by atoms with Gasteiger partial charge < -0.3 is 26.4 Å². The Balaban J connectivity index is 1.95. The van der Waals surface area contributed by atoms with E-state index < -0.39 is 0 Å². The normalized spacial score (nSPS) is 17.2. The van der Waals surface area contributed by atoms with E-state index in [0.717, 1.165) is 59.5 Å². The summed E-state index contributed by atoms with van der Waals surface area (Å²) in [5.74, 6) is 2.20. The van der Waals surface area contributed by atoms with Crippen LogP contribution in [0.2, 0.25) is 0 Å². The molecule has 5 N–H and O–H groups in total. The summed E-state index contributed by atoms with van der Waals surface area (Å²) in [7, 11) is 0. The van der Waals surface area contributed by atoms with Crippen molar-refractivity contribution in [2.24, 2.45) is 4.99 Å². The fraction of sp³-hybridized carbons (Fsp3) is 0.500. The van der Waals surface area contributed by atoms with Gasteiger partial charge in [0.25, 0.3) is 0 Å². The first-order valence-electron chi connectivity index (χ1n) is 12.5. The lowest BCUT2D eigenvalue weighted by Crippen LogP contribution is -2.26. The van der Waals surface area contributed by atoms with Crippen LogP contribution in [-0.2, 0) is 0 Å².